The summed E-state index contributed by atoms with van der Waals surface area (Å²) in [7, 11) is 0. The lowest BCUT2D eigenvalue weighted by atomic mass is 10.1. The zero-order valence-corrected chi connectivity index (χ0v) is 12.0. The monoisotopic (exact) mass is 310 g/mol. The molecule has 0 saturated heterocycles. The minimum atomic E-state index is 0.534. The van der Waals surface area contributed by atoms with Crippen molar-refractivity contribution in [2.24, 2.45) is 0 Å². The van der Waals surface area contributed by atoms with Crippen LogP contribution in [0.5, 0.6) is 0 Å². The summed E-state index contributed by atoms with van der Waals surface area (Å²) in [6.07, 6.45) is 0.856. The van der Waals surface area contributed by atoms with E-state index in [-0.39, 0.29) is 0 Å². The summed E-state index contributed by atoms with van der Waals surface area (Å²) in [5.74, 6) is 0.679. The highest BCUT2D eigenvalue weighted by molar-refractivity contribution is 9.10. The van der Waals surface area contributed by atoms with Crippen LogP contribution in [-0.2, 0) is 6.42 Å². The predicted molar refractivity (Wildman–Crippen MR) is 74.3 cm³/mol. The van der Waals surface area contributed by atoms with Crippen molar-refractivity contribution >= 4 is 27.5 Å². The van der Waals surface area contributed by atoms with Gasteiger partial charge in [0.05, 0.1) is 0 Å². The van der Waals surface area contributed by atoms with Crippen molar-refractivity contribution in [3.8, 4) is 11.4 Å². The van der Waals surface area contributed by atoms with E-state index >= 15 is 0 Å². The molecule has 1 aromatic heterocycles. The highest BCUT2D eigenvalue weighted by atomic mass is 79.9. The zero-order valence-electron chi connectivity index (χ0n) is 9.67. The van der Waals surface area contributed by atoms with Crippen molar-refractivity contribution < 1.29 is 0 Å². The first-order chi connectivity index (χ1) is 8.11. The Balaban J connectivity index is 2.56. The largest absolute Gasteiger partial charge is 0.233 e. The Morgan fingerprint density at radius 3 is 2.71 bits per heavy atom. The number of aryl methyl sites for hydroxylation is 1. The smallest absolute Gasteiger partial charge is 0.161 e. The second-order valence-electron chi connectivity index (χ2n) is 3.77. The quantitative estimate of drug-likeness (QED) is 0.767. The maximum atomic E-state index is 6.12. The molecule has 1 heterocycles. The topological polar surface area (TPSA) is 25.8 Å². The molecular formula is C13H12BrClN2. The molecule has 0 unspecified atom stereocenters. The van der Waals surface area contributed by atoms with Gasteiger partial charge in [-0.3, -0.25) is 0 Å². The summed E-state index contributed by atoms with van der Waals surface area (Å²) in [5.41, 5.74) is 2.93. The molecule has 0 radical (unpaired) electrons. The van der Waals surface area contributed by atoms with E-state index in [2.05, 4.69) is 32.8 Å². The summed E-state index contributed by atoms with van der Waals surface area (Å²) in [4.78, 5) is 8.87. The summed E-state index contributed by atoms with van der Waals surface area (Å²) in [5, 5.41) is 0.534. The lowest BCUT2D eigenvalue weighted by Gasteiger charge is -2.07. The summed E-state index contributed by atoms with van der Waals surface area (Å²) in [6.45, 7) is 4.02. The molecule has 0 fully saturated rings. The third-order valence-corrected chi connectivity index (χ3v) is 3.47. The average molecular weight is 312 g/mol. The summed E-state index contributed by atoms with van der Waals surface area (Å²) in [6, 6.07) is 7.90. The first-order valence-electron chi connectivity index (χ1n) is 5.40. The van der Waals surface area contributed by atoms with Crippen LogP contribution in [0, 0.1) is 6.92 Å². The number of nitrogens with zero attached hydrogens (tertiary/aromatic N) is 2. The van der Waals surface area contributed by atoms with Gasteiger partial charge in [0.2, 0.25) is 0 Å². The number of halogens is 2. The fourth-order valence-corrected chi connectivity index (χ4v) is 2.22. The molecule has 0 aliphatic rings. The minimum Gasteiger partial charge on any atom is -0.233 e. The van der Waals surface area contributed by atoms with Crippen LogP contribution >= 0.6 is 27.5 Å². The number of benzene rings is 1. The van der Waals surface area contributed by atoms with E-state index in [0.29, 0.717) is 11.0 Å². The third-order valence-electron chi connectivity index (χ3n) is 2.60. The van der Waals surface area contributed by atoms with Crippen LogP contribution in [0.4, 0.5) is 0 Å². The van der Waals surface area contributed by atoms with Gasteiger partial charge in [-0.25, -0.2) is 9.97 Å². The van der Waals surface area contributed by atoms with Gasteiger partial charge in [-0.1, -0.05) is 46.6 Å². The van der Waals surface area contributed by atoms with Gasteiger partial charge in [0.25, 0.3) is 0 Å². The molecule has 2 rings (SSSR count). The Labute approximate surface area is 114 Å². The highest BCUT2D eigenvalue weighted by Gasteiger charge is 2.09. The normalized spacial score (nSPS) is 10.6. The molecule has 0 aliphatic heterocycles. The Morgan fingerprint density at radius 1 is 1.29 bits per heavy atom. The van der Waals surface area contributed by atoms with Crippen molar-refractivity contribution in [3.05, 3.63) is 45.1 Å². The molecule has 88 valence electrons. The maximum absolute atomic E-state index is 6.12. The molecule has 1 aromatic carbocycles. The van der Waals surface area contributed by atoms with Gasteiger partial charge in [-0.05, 0) is 25.5 Å². The number of hydrogen-bond acceptors (Lipinski definition) is 2. The zero-order chi connectivity index (χ0) is 12.4. The summed E-state index contributed by atoms with van der Waals surface area (Å²) >= 11 is 9.56. The van der Waals surface area contributed by atoms with E-state index in [9.17, 15) is 0 Å². The first kappa shape index (κ1) is 12.5. The van der Waals surface area contributed by atoms with Crippen LogP contribution in [0.1, 0.15) is 18.2 Å². The molecule has 0 amide bonds. The molecule has 4 heteroatoms. The van der Waals surface area contributed by atoms with Crippen molar-refractivity contribution in [1.82, 2.24) is 9.97 Å². The Hall–Kier alpha value is -0.930. The highest BCUT2D eigenvalue weighted by Crippen LogP contribution is 2.24. The Bertz CT molecular complexity index is 555. The van der Waals surface area contributed by atoms with Crippen LogP contribution in [0.15, 0.2) is 28.7 Å². The lowest BCUT2D eigenvalue weighted by molar-refractivity contribution is 0.976. The Morgan fingerprint density at radius 2 is 2.06 bits per heavy atom. The summed E-state index contributed by atoms with van der Waals surface area (Å²) < 4.78 is 1.01. The van der Waals surface area contributed by atoms with Gasteiger partial charge in [-0.15, -0.1) is 0 Å². The van der Waals surface area contributed by atoms with Crippen LogP contribution in [-0.4, -0.2) is 9.97 Å². The van der Waals surface area contributed by atoms with E-state index in [0.717, 1.165) is 27.7 Å². The van der Waals surface area contributed by atoms with Gasteiger partial charge in [0.1, 0.15) is 5.15 Å². The van der Waals surface area contributed by atoms with E-state index in [4.69, 9.17) is 11.6 Å². The molecule has 0 aliphatic carbocycles. The van der Waals surface area contributed by atoms with Crippen molar-refractivity contribution in [2.75, 3.05) is 0 Å². The van der Waals surface area contributed by atoms with E-state index < -0.39 is 0 Å². The van der Waals surface area contributed by atoms with Gasteiger partial charge in [0.15, 0.2) is 5.82 Å². The van der Waals surface area contributed by atoms with Gasteiger partial charge < -0.3 is 0 Å². The van der Waals surface area contributed by atoms with Crippen molar-refractivity contribution in [2.45, 2.75) is 20.3 Å². The fraction of sp³-hybridized carbons (Fsp3) is 0.231. The predicted octanol–water partition coefficient (Wildman–Crippen LogP) is 4.43. The Kier molecular flexibility index (Phi) is 3.79. The van der Waals surface area contributed by atoms with Crippen molar-refractivity contribution in [1.29, 1.82) is 0 Å². The first-order valence-corrected chi connectivity index (χ1v) is 6.58. The fourth-order valence-electron chi connectivity index (χ4n) is 1.63. The standard InChI is InChI=1S/C13H12BrClN2/c1-3-11-8(2)12(15)17-13(16-11)9-5-4-6-10(14)7-9/h4-7H,3H2,1-2H3. The minimum absolute atomic E-state index is 0.534. The average Bonchev–Trinajstić information content (AvgIpc) is 2.32. The third kappa shape index (κ3) is 2.67. The number of aromatic nitrogens is 2. The van der Waals surface area contributed by atoms with Crippen molar-refractivity contribution in [3.63, 3.8) is 0 Å². The SMILES string of the molecule is CCc1nc(-c2cccc(Br)c2)nc(Cl)c1C. The second kappa shape index (κ2) is 5.15. The van der Waals surface area contributed by atoms with Crippen LogP contribution < -0.4 is 0 Å². The molecular weight excluding hydrogens is 300 g/mol. The van der Waals surface area contributed by atoms with Gasteiger partial charge >= 0.3 is 0 Å². The molecule has 2 aromatic rings. The second-order valence-corrected chi connectivity index (χ2v) is 5.05. The van der Waals surface area contributed by atoms with Gasteiger partial charge in [-0.2, -0.15) is 0 Å². The molecule has 17 heavy (non-hydrogen) atoms. The molecule has 0 saturated carbocycles. The number of rotatable bonds is 2. The van der Waals surface area contributed by atoms with Crippen LogP contribution in [0.2, 0.25) is 5.15 Å². The van der Waals surface area contributed by atoms with Gasteiger partial charge in [0, 0.05) is 21.3 Å². The van der Waals surface area contributed by atoms with Crippen LogP contribution in [0.3, 0.4) is 0 Å². The molecule has 0 atom stereocenters. The van der Waals surface area contributed by atoms with Crippen LogP contribution in [0.25, 0.3) is 11.4 Å². The maximum Gasteiger partial charge on any atom is 0.161 e. The van der Waals surface area contributed by atoms with E-state index in [1.54, 1.807) is 0 Å². The lowest BCUT2D eigenvalue weighted by Crippen LogP contribution is -1.99. The number of hydrogen-bond donors (Lipinski definition) is 0. The van der Waals surface area contributed by atoms with E-state index in [1.807, 2.05) is 31.2 Å². The molecule has 2 nitrogen and oxygen atoms in total. The molecule has 0 spiro atoms. The molecule has 0 N–H and O–H groups in total. The van der Waals surface area contributed by atoms with E-state index in [1.165, 1.54) is 0 Å². The molecule has 0 bridgehead atoms.